The molecule has 0 aromatic heterocycles. The second kappa shape index (κ2) is 5.61. The van der Waals surface area contributed by atoms with E-state index in [4.69, 9.17) is 4.74 Å². The number of hydrogen-bond donors (Lipinski definition) is 0. The number of ketones is 1. The highest BCUT2D eigenvalue weighted by atomic mass is 19.1. The van der Waals surface area contributed by atoms with Crippen LogP contribution < -0.4 is 0 Å². The first-order valence-electron chi connectivity index (χ1n) is 5.01. The van der Waals surface area contributed by atoms with E-state index in [1.165, 1.54) is 25.3 Å². The van der Waals surface area contributed by atoms with E-state index < -0.39 is 11.9 Å². The van der Waals surface area contributed by atoms with Crippen molar-refractivity contribution in [1.82, 2.24) is 0 Å². The lowest BCUT2D eigenvalue weighted by Gasteiger charge is -2.12. The maximum atomic E-state index is 12.9. The van der Waals surface area contributed by atoms with Gasteiger partial charge in [-0.05, 0) is 18.6 Å². The molecule has 0 amide bonds. The molecule has 3 heteroatoms. The predicted octanol–water partition coefficient (Wildman–Crippen LogP) is 2.82. The highest BCUT2D eigenvalue weighted by Gasteiger charge is 2.18. The summed E-state index contributed by atoms with van der Waals surface area (Å²) in [5, 5.41) is 0. The van der Waals surface area contributed by atoms with Crippen molar-refractivity contribution in [3.63, 3.8) is 0 Å². The molecule has 1 unspecified atom stereocenters. The number of carbonyl (C=O) groups excluding carboxylic acids is 1. The van der Waals surface area contributed by atoms with E-state index in [2.05, 4.69) is 0 Å². The molecule has 0 N–H and O–H groups in total. The normalized spacial score (nSPS) is 12.5. The van der Waals surface area contributed by atoms with E-state index in [-0.39, 0.29) is 5.78 Å². The van der Waals surface area contributed by atoms with Gasteiger partial charge in [0, 0.05) is 12.7 Å². The van der Waals surface area contributed by atoms with Gasteiger partial charge < -0.3 is 4.74 Å². The zero-order valence-corrected chi connectivity index (χ0v) is 9.00. The monoisotopic (exact) mass is 210 g/mol. The summed E-state index contributed by atoms with van der Waals surface area (Å²) in [7, 11) is 1.50. The molecule has 1 atom stereocenters. The maximum Gasteiger partial charge on any atom is 0.191 e. The molecular formula is C12H15FO2. The van der Waals surface area contributed by atoms with Crippen LogP contribution in [-0.4, -0.2) is 19.0 Å². The highest BCUT2D eigenvalue weighted by molar-refractivity contribution is 5.99. The van der Waals surface area contributed by atoms with E-state index in [0.29, 0.717) is 12.0 Å². The average molecular weight is 210 g/mol. The van der Waals surface area contributed by atoms with Gasteiger partial charge in [0.05, 0.1) is 0 Å². The lowest BCUT2D eigenvalue weighted by atomic mass is 10.0. The Morgan fingerprint density at radius 3 is 2.80 bits per heavy atom. The Morgan fingerprint density at radius 1 is 1.53 bits per heavy atom. The van der Waals surface area contributed by atoms with Gasteiger partial charge in [0.1, 0.15) is 11.9 Å². The topological polar surface area (TPSA) is 26.3 Å². The van der Waals surface area contributed by atoms with Crippen LogP contribution in [-0.2, 0) is 4.74 Å². The van der Waals surface area contributed by atoms with Gasteiger partial charge in [0.2, 0.25) is 0 Å². The van der Waals surface area contributed by atoms with Crippen molar-refractivity contribution in [2.24, 2.45) is 0 Å². The summed E-state index contributed by atoms with van der Waals surface area (Å²) in [6.07, 6.45) is 1.06. The number of carbonyl (C=O) groups is 1. The number of methoxy groups -OCH3 is 1. The summed E-state index contributed by atoms with van der Waals surface area (Å²) in [4.78, 5) is 11.8. The van der Waals surface area contributed by atoms with Crippen molar-refractivity contribution < 1.29 is 13.9 Å². The van der Waals surface area contributed by atoms with Gasteiger partial charge in [-0.15, -0.1) is 0 Å². The minimum Gasteiger partial charge on any atom is -0.373 e. The molecule has 0 aliphatic carbocycles. The Bertz CT molecular complexity index is 336. The summed E-state index contributed by atoms with van der Waals surface area (Å²) in [6.45, 7) is 1.98. The van der Waals surface area contributed by atoms with E-state index in [9.17, 15) is 9.18 Å². The molecule has 0 radical (unpaired) electrons. The van der Waals surface area contributed by atoms with Gasteiger partial charge in [-0.25, -0.2) is 4.39 Å². The summed E-state index contributed by atoms with van der Waals surface area (Å²) < 4.78 is 18.0. The molecule has 15 heavy (non-hydrogen) atoms. The number of benzene rings is 1. The van der Waals surface area contributed by atoms with Crippen LogP contribution >= 0.6 is 0 Å². The standard InChI is InChI=1S/C12H15FO2/c1-3-5-11(15-2)12(14)9-6-4-7-10(13)8-9/h4,6-8,11H,3,5H2,1-2H3. The molecule has 0 saturated heterocycles. The van der Waals surface area contributed by atoms with Gasteiger partial charge in [-0.1, -0.05) is 25.5 Å². The maximum absolute atomic E-state index is 12.9. The summed E-state index contributed by atoms with van der Waals surface area (Å²) in [6, 6.07) is 5.69. The quantitative estimate of drug-likeness (QED) is 0.698. The minimum atomic E-state index is -0.461. The van der Waals surface area contributed by atoms with E-state index in [1.807, 2.05) is 6.92 Å². The Morgan fingerprint density at radius 2 is 2.27 bits per heavy atom. The van der Waals surface area contributed by atoms with Gasteiger partial charge in [-0.2, -0.15) is 0 Å². The van der Waals surface area contributed by atoms with E-state index >= 15 is 0 Å². The first kappa shape index (κ1) is 11.9. The van der Waals surface area contributed by atoms with Crippen LogP contribution in [0.1, 0.15) is 30.1 Å². The molecule has 0 spiro atoms. The van der Waals surface area contributed by atoms with E-state index in [0.717, 1.165) is 6.42 Å². The Hall–Kier alpha value is -1.22. The van der Waals surface area contributed by atoms with Crippen molar-refractivity contribution in [2.75, 3.05) is 7.11 Å². The number of halogens is 1. The molecule has 82 valence electrons. The molecule has 1 aromatic rings. The fraction of sp³-hybridized carbons (Fsp3) is 0.417. The zero-order chi connectivity index (χ0) is 11.3. The van der Waals surface area contributed by atoms with Crippen LogP contribution in [0.5, 0.6) is 0 Å². The summed E-state index contributed by atoms with van der Waals surface area (Å²) >= 11 is 0. The van der Waals surface area contributed by atoms with Crippen LogP contribution in [0.2, 0.25) is 0 Å². The third-order valence-corrected chi connectivity index (χ3v) is 2.24. The smallest absolute Gasteiger partial charge is 0.191 e. The van der Waals surface area contributed by atoms with Crippen LogP contribution in [0.3, 0.4) is 0 Å². The SMILES string of the molecule is CCCC(OC)C(=O)c1cccc(F)c1. The third-order valence-electron chi connectivity index (χ3n) is 2.24. The lowest BCUT2D eigenvalue weighted by molar-refractivity contribution is 0.0578. The fourth-order valence-corrected chi connectivity index (χ4v) is 1.45. The number of hydrogen-bond acceptors (Lipinski definition) is 2. The zero-order valence-electron chi connectivity index (χ0n) is 9.00. The number of ether oxygens (including phenoxy) is 1. The van der Waals surface area contributed by atoms with Crippen molar-refractivity contribution in [3.8, 4) is 0 Å². The molecule has 0 fully saturated rings. The van der Waals surface area contributed by atoms with E-state index in [1.54, 1.807) is 6.07 Å². The average Bonchev–Trinajstić information content (AvgIpc) is 2.25. The molecule has 0 aliphatic heterocycles. The van der Waals surface area contributed by atoms with Crippen molar-refractivity contribution in [1.29, 1.82) is 0 Å². The molecule has 1 rings (SSSR count). The van der Waals surface area contributed by atoms with Crippen LogP contribution in [0, 0.1) is 5.82 Å². The summed E-state index contributed by atoms with van der Waals surface area (Å²) in [5.74, 6) is -0.550. The molecule has 0 bridgehead atoms. The Labute approximate surface area is 89.1 Å². The third kappa shape index (κ3) is 3.13. The second-order valence-electron chi connectivity index (χ2n) is 3.39. The van der Waals surface area contributed by atoms with Crippen LogP contribution in [0.25, 0.3) is 0 Å². The Balaban J connectivity index is 2.82. The fourth-order valence-electron chi connectivity index (χ4n) is 1.45. The van der Waals surface area contributed by atoms with Crippen LogP contribution in [0.4, 0.5) is 4.39 Å². The molecular weight excluding hydrogens is 195 g/mol. The Kier molecular flexibility index (Phi) is 4.43. The van der Waals surface area contributed by atoms with Crippen LogP contribution in [0.15, 0.2) is 24.3 Å². The minimum absolute atomic E-state index is 0.154. The molecule has 2 nitrogen and oxygen atoms in total. The predicted molar refractivity (Wildman–Crippen MR) is 56.4 cm³/mol. The van der Waals surface area contributed by atoms with Gasteiger partial charge in [0.15, 0.2) is 5.78 Å². The highest BCUT2D eigenvalue weighted by Crippen LogP contribution is 2.11. The number of Topliss-reactive ketones (excluding diaryl/α,β-unsaturated/α-hetero) is 1. The van der Waals surface area contributed by atoms with Crippen molar-refractivity contribution >= 4 is 5.78 Å². The van der Waals surface area contributed by atoms with Gasteiger partial charge in [-0.3, -0.25) is 4.79 Å². The molecule has 0 heterocycles. The van der Waals surface area contributed by atoms with Crippen molar-refractivity contribution in [3.05, 3.63) is 35.6 Å². The number of rotatable bonds is 5. The van der Waals surface area contributed by atoms with Gasteiger partial charge >= 0.3 is 0 Å². The molecule has 0 saturated carbocycles. The lowest BCUT2D eigenvalue weighted by Crippen LogP contribution is -2.22. The molecule has 0 aliphatic rings. The first-order chi connectivity index (χ1) is 7.19. The molecule has 1 aromatic carbocycles. The van der Waals surface area contributed by atoms with Gasteiger partial charge in [0.25, 0.3) is 0 Å². The largest absolute Gasteiger partial charge is 0.373 e. The van der Waals surface area contributed by atoms with Crippen molar-refractivity contribution in [2.45, 2.75) is 25.9 Å². The summed E-state index contributed by atoms with van der Waals surface area (Å²) in [5.41, 5.74) is 0.371. The second-order valence-corrected chi connectivity index (χ2v) is 3.39. The first-order valence-corrected chi connectivity index (χ1v) is 5.01.